The van der Waals surface area contributed by atoms with E-state index < -0.39 is 11.9 Å². The third kappa shape index (κ3) is 4.81. The number of carbonyl (C=O) groups excluding carboxylic acids is 2. The van der Waals surface area contributed by atoms with Crippen molar-refractivity contribution in [3.63, 3.8) is 0 Å². The molecule has 1 atom stereocenters. The van der Waals surface area contributed by atoms with E-state index in [9.17, 15) is 14.4 Å². The lowest BCUT2D eigenvalue weighted by Crippen LogP contribution is -2.44. The lowest BCUT2D eigenvalue weighted by Gasteiger charge is -2.37. The van der Waals surface area contributed by atoms with Crippen LogP contribution >= 0.6 is 0 Å². The van der Waals surface area contributed by atoms with Gasteiger partial charge in [0.2, 0.25) is 11.8 Å². The van der Waals surface area contributed by atoms with Gasteiger partial charge in [0.1, 0.15) is 6.04 Å². The van der Waals surface area contributed by atoms with Crippen LogP contribution in [0.4, 0.5) is 5.69 Å². The highest BCUT2D eigenvalue weighted by Crippen LogP contribution is 2.37. The number of hydrogen-bond donors (Lipinski definition) is 2. The summed E-state index contributed by atoms with van der Waals surface area (Å²) in [7, 11) is 1.79. The molecule has 0 radical (unpaired) electrons. The minimum atomic E-state index is -0.655. The quantitative estimate of drug-likeness (QED) is 0.278. The fourth-order valence-corrected chi connectivity index (χ4v) is 7.66. The number of fused-ring (bicyclic) bond motifs is 2. The van der Waals surface area contributed by atoms with Crippen molar-refractivity contribution in [1.82, 2.24) is 29.1 Å². The molecule has 220 valence electrons. The molecule has 0 bridgehead atoms. The highest BCUT2D eigenvalue weighted by molar-refractivity contribution is 6.00. The molecule has 10 heteroatoms. The number of anilines is 1. The number of nitrogen functional groups attached to an aromatic ring is 1. The number of para-hydroxylation sites is 1. The first-order chi connectivity index (χ1) is 20.4. The van der Waals surface area contributed by atoms with Crippen molar-refractivity contribution in [3.05, 3.63) is 58.6 Å². The summed E-state index contributed by atoms with van der Waals surface area (Å²) in [5.74, 6) is 0.413. The second kappa shape index (κ2) is 10.7. The van der Waals surface area contributed by atoms with Gasteiger partial charge in [-0.05, 0) is 99.7 Å². The van der Waals surface area contributed by atoms with Crippen LogP contribution in [0.15, 0.2) is 47.4 Å². The van der Waals surface area contributed by atoms with Crippen LogP contribution in [0.1, 0.15) is 74.9 Å². The summed E-state index contributed by atoms with van der Waals surface area (Å²) in [6.45, 7) is 3.25. The normalized spacial score (nSPS) is 24.5. The number of likely N-dealkylation sites (tertiary alicyclic amines) is 1. The molecule has 7 rings (SSSR count). The molecular weight excluding hydrogens is 530 g/mol. The predicted molar refractivity (Wildman–Crippen MR) is 162 cm³/mol. The third-order valence-electron chi connectivity index (χ3n) is 9.94. The van der Waals surface area contributed by atoms with Crippen LogP contribution < -0.4 is 16.7 Å². The van der Waals surface area contributed by atoms with Gasteiger partial charge in [0.25, 0.3) is 0 Å². The van der Waals surface area contributed by atoms with E-state index in [1.807, 2.05) is 30.3 Å². The van der Waals surface area contributed by atoms with Gasteiger partial charge >= 0.3 is 5.69 Å². The standard InChI is InChI=1S/C32H39N7O3/c1-36-30-25(3-2-4-27(30)39(32(36)42)28-11-12-29(40)34-31(28)41)21-13-15-37(16-14-21)18-20-5-8-24(9-6-20)38-19-22-17-23(33)7-10-26(22)35-38/h2-4,7,10,17,19-21,24,28H,5-6,8-9,11-16,18,33H2,1H3,(H,34,40,41)/t20-,24-,28?. The Bertz CT molecular complexity index is 1720. The molecule has 2 amide bonds. The van der Waals surface area contributed by atoms with Crippen LogP contribution in [0, 0.1) is 5.92 Å². The summed E-state index contributed by atoms with van der Waals surface area (Å²) in [5, 5.41) is 8.33. The number of aromatic nitrogens is 4. The van der Waals surface area contributed by atoms with Crippen molar-refractivity contribution in [2.75, 3.05) is 25.4 Å². The average Bonchev–Trinajstić information content (AvgIpc) is 3.52. The van der Waals surface area contributed by atoms with Gasteiger partial charge in [0.15, 0.2) is 0 Å². The van der Waals surface area contributed by atoms with Gasteiger partial charge < -0.3 is 10.6 Å². The van der Waals surface area contributed by atoms with Crippen molar-refractivity contribution < 1.29 is 9.59 Å². The number of benzene rings is 2. The number of nitrogens with one attached hydrogen (secondary N) is 1. The molecule has 4 aromatic rings. The molecule has 2 aliphatic heterocycles. The molecule has 1 aliphatic carbocycles. The number of rotatable bonds is 5. The Morgan fingerprint density at radius 2 is 1.76 bits per heavy atom. The largest absolute Gasteiger partial charge is 0.399 e. The highest BCUT2D eigenvalue weighted by atomic mass is 16.2. The Labute approximate surface area is 244 Å². The Hall–Kier alpha value is -3.92. The van der Waals surface area contributed by atoms with Crippen LogP contribution in [0.25, 0.3) is 21.9 Å². The highest BCUT2D eigenvalue weighted by Gasteiger charge is 2.33. The van der Waals surface area contributed by atoms with Crippen LogP contribution in [-0.2, 0) is 16.6 Å². The van der Waals surface area contributed by atoms with E-state index in [0.717, 1.165) is 72.9 Å². The number of carbonyl (C=O) groups is 2. The Balaban J connectivity index is 0.988. The van der Waals surface area contributed by atoms with Crippen LogP contribution in [0.5, 0.6) is 0 Å². The first-order valence-electron chi connectivity index (χ1n) is 15.4. The lowest BCUT2D eigenvalue weighted by atomic mass is 9.84. The topological polar surface area (TPSA) is 120 Å². The monoisotopic (exact) mass is 569 g/mol. The first-order valence-corrected chi connectivity index (χ1v) is 15.4. The van der Waals surface area contributed by atoms with Crippen LogP contribution in [-0.4, -0.2) is 55.3 Å². The number of imidazole rings is 1. The summed E-state index contributed by atoms with van der Waals surface area (Å²) < 4.78 is 5.44. The predicted octanol–water partition coefficient (Wildman–Crippen LogP) is 3.86. The number of aryl methyl sites for hydroxylation is 1. The maximum Gasteiger partial charge on any atom is 0.329 e. The van der Waals surface area contributed by atoms with E-state index in [4.69, 9.17) is 10.8 Å². The van der Waals surface area contributed by atoms with E-state index in [0.29, 0.717) is 24.3 Å². The van der Waals surface area contributed by atoms with Gasteiger partial charge in [-0.2, -0.15) is 5.10 Å². The first kappa shape index (κ1) is 26.9. The van der Waals surface area contributed by atoms with Gasteiger partial charge in [-0.3, -0.25) is 28.7 Å². The molecule has 1 unspecified atom stereocenters. The molecule has 2 saturated heterocycles. The molecule has 2 aromatic heterocycles. The number of nitrogens with two attached hydrogens (primary N) is 1. The van der Waals surface area contributed by atoms with Crippen molar-refractivity contribution in [1.29, 1.82) is 0 Å². The summed E-state index contributed by atoms with van der Waals surface area (Å²) in [5.41, 5.74) is 10.4. The van der Waals surface area contributed by atoms with Gasteiger partial charge in [-0.15, -0.1) is 0 Å². The zero-order valence-corrected chi connectivity index (χ0v) is 24.2. The van der Waals surface area contributed by atoms with E-state index >= 15 is 0 Å². The molecule has 1 saturated carbocycles. The average molecular weight is 570 g/mol. The van der Waals surface area contributed by atoms with Crippen molar-refractivity contribution in [2.24, 2.45) is 13.0 Å². The van der Waals surface area contributed by atoms with Crippen molar-refractivity contribution in [2.45, 2.75) is 69.4 Å². The van der Waals surface area contributed by atoms with Crippen LogP contribution in [0.2, 0.25) is 0 Å². The number of piperidine rings is 2. The Kier molecular flexibility index (Phi) is 6.88. The fourth-order valence-electron chi connectivity index (χ4n) is 7.66. The van der Waals surface area contributed by atoms with Crippen molar-refractivity contribution >= 4 is 39.4 Å². The second-order valence-corrected chi connectivity index (χ2v) is 12.6. The zero-order valence-electron chi connectivity index (χ0n) is 24.2. The summed E-state index contributed by atoms with van der Waals surface area (Å²) in [6, 6.07) is 11.8. The molecule has 3 N–H and O–H groups in total. The van der Waals surface area contributed by atoms with E-state index in [1.54, 1.807) is 16.2 Å². The number of amides is 2. The van der Waals surface area contributed by atoms with Gasteiger partial charge in [0.05, 0.1) is 22.6 Å². The number of hydrogen-bond acceptors (Lipinski definition) is 6. The number of imide groups is 1. The smallest absolute Gasteiger partial charge is 0.329 e. The SMILES string of the molecule is Cn1c(=O)n(C2CCC(=O)NC2=O)c2cccc(C3CCN(C[C@H]4CC[C@H](n5cc6cc(N)ccc6n5)CC4)CC3)c21. The van der Waals surface area contributed by atoms with E-state index in [2.05, 4.69) is 27.2 Å². The molecule has 0 spiro atoms. The maximum absolute atomic E-state index is 13.3. The van der Waals surface area contributed by atoms with Gasteiger partial charge in [-0.25, -0.2) is 4.79 Å². The molecule has 42 heavy (non-hydrogen) atoms. The minimum Gasteiger partial charge on any atom is -0.399 e. The lowest BCUT2D eigenvalue weighted by molar-refractivity contribution is -0.135. The zero-order chi connectivity index (χ0) is 29.0. The van der Waals surface area contributed by atoms with Gasteiger partial charge in [-0.1, -0.05) is 12.1 Å². The molecule has 4 heterocycles. The van der Waals surface area contributed by atoms with Crippen LogP contribution in [0.3, 0.4) is 0 Å². The molecule has 2 aromatic carbocycles. The fraction of sp³-hybridized carbons (Fsp3) is 0.500. The van der Waals surface area contributed by atoms with E-state index in [-0.39, 0.29) is 18.0 Å². The Morgan fingerprint density at radius 1 is 0.976 bits per heavy atom. The molecular formula is C32H39N7O3. The number of nitrogens with zero attached hydrogens (tertiary/aromatic N) is 5. The van der Waals surface area contributed by atoms with Crippen molar-refractivity contribution in [3.8, 4) is 0 Å². The molecule has 10 nitrogen and oxygen atoms in total. The second-order valence-electron chi connectivity index (χ2n) is 12.6. The maximum atomic E-state index is 13.3. The Morgan fingerprint density at radius 3 is 2.52 bits per heavy atom. The van der Waals surface area contributed by atoms with E-state index in [1.165, 1.54) is 18.4 Å². The van der Waals surface area contributed by atoms with Gasteiger partial charge in [0, 0.05) is 37.3 Å². The summed E-state index contributed by atoms with van der Waals surface area (Å²) >= 11 is 0. The molecule has 3 aliphatic rings. The minimum absolute atomic E-state index is 0.202. The summed E-state index contributed by atoms with van der Waals surface area (Å²) in [4.78, 5) is 40.3. The molecule has 3 fully saturated rings. The summed E-state index contributed by atoms with van der Waals surface area (Å²) in [6.07, 6.45) is 9.60. The third-order valence-corrected chi connectivity index (χ3v) is 9.94.